The van der Waals surface area contributed by atoms with E-state index in [4.69, 9.17) is 0 Å². The Morgan fingerprint density at radius 3 is 2.18 bits per heavy atom. The quantitative estimate of drug-likeness (QED) is 0.350. The predicted octanol–water partition coefficient (Wildman–Crippen LogP) is -2.22. The molecule has 0 aliphatic heterocycles. The van der Waals surface area contributed by atoms with E-state index >= 15 is 0 Å². The van der Waals surface area contributed by atoms with Crippen molar-refractivity contribution in [1.29, 1.82) is 0 Å². The van der Waals surface area contributed by atoms with Crippen molar-refractivity contribution in [3.05, 3.63) is 29.8 Å². The molecule has 1 aromatic rings. The molecule has 1 aromatic carbocycles. The van der Waals surface area contributed by atoms with Gasteiger partial charge in [-0.3, -0.25) is 0 Å². The Labute approximate surface area is 79.0 Å². The molecule has 0 saturated heterocycles. The molecule has 1 unspecified atom stereocenters. The zero-order valence-electron chi connectivity index (χ0n) is 7.19. The molecule has 1 nitrogen and oxygen atoms in total. The Bertz CT molecular complexity index is 218. The summed E-state index contributed by atoms with van der Waals surface area (Å²) in [5, 5.41) is 0. The van der Waals surface area contributed by atoms with Gasteiger partial charge in [-0.15, -0.1) is 0 Å². The summed E-state index contributed by atoms with van der Waals surface area (Å²) in [5.74, 6) is 0. The molecule has 0 aromatic heterocycles. The Morgan fingerprint density at radius 2 is 1.73 bits per heavy atom. The van der Waals surface area contributed by atoms with Crippen LogP contribution in [0, 0.1) is 6.92 Å². The Morgan fingerprint density at radius 1 is 1.18 bits per heavy atom. The van der Waals surface area contributed by atoms with Gasteiger partial charge in [-0.25, -0.2) is 0 Å². The van der Waals surface area contributed by atoms with E-state index in [1.54, 1.807) is 3.11 Å². The van der Waals surface area contributed by atoms with Gasteiger partial charge in [-0.1, -0.05) is 0 Å². The summed E-state index contributed by atoms with van der Waals surface area (Å²) >= 11 is 0.273. The maximum absolute atomic E-state index is 2.30. The zero-order chi connectivity index (χ0) is 8.27. The first kappa shape index (κ1) is 9.00. The Kier molecular flexibility index (Phi) is 3.33. The van der Waals surface area contributed by atoms with Crippen LogP contribution in [0.25, 0.3) is 0 Å². The molecule has 1 rings (SSSR count). The van der Waals surface area contributed by atoms with Crippen molar-refractivity contribution in [3.63, 3.8) is 0 Å². The molecule has 0 heterocycles. The summed E-state index contributed by atoms with van der Waals surface area (Å²) in [5.41, 5.74) is 2.77. The van der Waals surface area contributed by atoms with Crippen LogP contribution in [0.4, 0.5) is 5.69 Å². The monoisotopic (exact) mass is 263 g/mol. The van der Waals surface area contributed by atoms with Crippen molar-refractivity contribution in [2.75, 3.05) is 12.0 Å². The van der Waals surface area contributed by atoms with Crippen LogP contribution < -0.4 is 24.6 Å². The minimum atomic E-state index is 0.273. The molecule has 0 spiro atoms. The van der Waals surface area contributed by atoms with Crippen LogP contribution in [0.15, 0.2) is 24.3 Å². The topological polar surface area (TPSA) is 4.44 Å². The van der Waals surface area contributed by atoms with E-state index in [2.05, 4.69) is 43.2 Å². The van der Waals surface area contributed by atoms with E-state index in [1.165, 1.54) is 11.3 Å². The van der Waals surface area contributed by atoms with Gasteiger partial charge >= 0.3 is 79.0 Å². The number of hydrogen-bond donors (Lipinski definition) is 1. The van der Waals surface area contributed by atoms with Crippen molar-refractivity contribution in [1.82, 2.24) is 0 Å². The fraction of sp³-hybridized carbons (Fsp3) is 0.333. The zero-order valence-corrected chi connectivity index (χ0v) is 9.34. The molecule has 0 amide bonds. The second-order valence-electron chi connectivity index (χ2n) is 2.59. The van der Waals surface area contributed by atoms with Crippen LogP contribution in [-0.2, 0) is 0 Å². The van der Waals surface area contributed by atoms with E-state index in [0.717, 1.165) is 0 Å². The summed E-state index contributed by atoms with van der Waals surface area (Å²) in [6.07, 6.45) is 0. The van der Waals surface area contributed by atoms with Crippen LogP contribution in [-0.4, -0.2) is 12.0 Å². The molecule has 0 fully saturated rings. The summed E-state index contributed by atoms with van der Waals surface area (Å²) in [6.45, 7) is 2.13. The summed E-state index contributed by atoms with van der Waals surface area (Å²) in [4.78, 5) is 2.30. The number of halogens is 1. The summed E-state index contributed by atoms with van der Waals surface area (Å²) < 4.78 is 1.57. The molecule has 2 heteroatoms. The first-order valence-electron chi connectivity index (χ1n) is 3.64. The number of quaternary nitrogens is 1. The van der Waals surface area contributed by atoms with Crippen molar-refractivity contribution in [2.45, 2.75) is 6.92 Å². The van der Waals surface area contributed by atoms with E-state index in [9.17, 15) is 0 Å². The van der Waals surface area contributed by atoms with Crippen molar-refractivity contribution >= 4 is 5.69 Å². The SMILES string of the molecule is C[I-][NH+](C)c1ccc(C)cc1. The number of hydrogen-bond acceptors (Lipinski definition) is 0. The van der Waals surface area contributed by atoms with Crippen LogP contribution in [0.5, 0.6) is 0 Å². The molecule has 0 aliphatic carbocycles. The van der Waals surface area contributed by atoms with Crippen molar-refractivity contribution in [2.24, 2.45) is 0 Å². The third-order valence-corrected chi connectivity index (χ3v) is 3.97. The summed E-state index contributed by atoms with van der Waals surface area (Å²) in [7, 11) is 2.23. The van der Waals surface area contributed by atoms with E-state index < -0.39 is 0 Å². The van der Waals surface area contributed by atoms with Gasteiger partial charge in [0, 0.05) is 0 Å². The molecular weight excluding hydrogens is 249 g/mol. The average Bonchev–Trinajstić information content (AvgIpc) is 2.05. The number of benzene rings is 1. The van der Waals surface area contributed by atoms with Gasteiger partial charge in [-0.2, -0.15) is 0 Å². The minimum absolute atomic E-state index is 0.273. The van der Waals surface area contributed by atoms with Gasteiger partial charge in [0.25, 0.3) is 0 Å². The molecule has 11 heavy (non-hydrogen) atoms. The second kappa shape index (κ2) is 4.07. The third kappa shape index (κ3) is 2.45. The molecule has 1 N–H and O–H groups in total. The van der Waals surface area contributed by atoms with Crippen LogP contribution in [0.1, 0.15) is 5.56 Å². The van der Waals surface area contributed by atoms with Gasteiger partial charge in [0.2, 0.25) is 0 Å². The molecular formula is C9H14IN. The van der Waals surface area contributed by atoms with Crippen LogP contribution in [0.2, 0.25) is 0 Å². The molecule has 0 radical (unpaired) electrons. The second-order valence-corrected chi connectivity index (χ2v) is 5.29. The molecule has 0 aliphatic rings. The normalized spacial score (nSPS) is 13.4. The first-order chi connectivity index (χ1) is 5.24. The summed E-state index contributed by atoms with van der Waals surface area (Å²) in [6, 6.07) is 8.79. The number of rotatable bonds is 2. The van der Waals surface area contributed by atoms with Crippen molar-refractivity contribution < 1.29 is 24.6 Å². The standard InChI is InChI=1S/C9H14IN/c1-8-4-6-9(7-5-8)11(3)10-2/h4-7,11H,1-3H3. The maximum atomic E-state index is 2.30. The Balaban J connectivity index is 2.81. The fourth-order valence-corrected chi connectivity index (χ4v) is 1.87. The van der Waals surface area contributed by atoms with Gasteiger partial charge in [0.15, 0.2) is 0 Å². The third-order valence-electron chi connectivity index (χ3n) is 1.73. The Hall–Kier alpha value is -0.0900. The van der Waals surface area contributed by atoms with E-state index in [0.29, 0.717) is 0 Å². The molecule has 1 atom stereocenters. The van der Waals surface area contributed by atoms with Gasteiger partial charge < -0.3 is 0 Å². The number of nitrogens with one attached hydrogen (secondary N) is 1. The number of alkyl halides is 1. The van der Waals surface area contributed by atoms with Gasteiger partial charge in [0.1, 0.15) is 0 Å². The van der Waals surface area contributed by atoms with E-state index in [-0.39, 0.29) is 21.5 Å². The van der Waals surface area contributed by atoms with Crippen molar-refractivity contribution in [3.8, 4) is 0 Å². The van der Waals surface area contributed by atoms with Gasteiger partial charge in [-0.05, 0) is 0 Å². The van der Waals surface area contributed by atoms with Crippen LogP contribution in [0.3, 0.4) is 0 Å². The fourth-order valence-electron chi connectivity index (χ4n) is 0.892. The van der Waals surface area contributed by atoms with Crippen LogP contribution >= 0.6 is 0 Å². The van der Waals surface area contributed by atoms with Gasteiger partial charge in [0.05, 0.1) is 0 Å². The first-order valence-corrected chi connectivity index (χ1v) is 6.87. The number of aryl methyl sites for hydroxylation is 1. The predicted molar refractivity (Wildman–Crippen MR) is 43.6 cm³/mol. The molecule has 0 bridgehead atoms. The molecule has 0 saturated carbocycles. The van der Waals surface area contributed by atoms with E-state index in [1.807, 2.05) is 0 Å². The average molecular weight is 263 g/mol. The molecule has 62 valence electrons.